The third-order valence-electron chi connectivity index (χ3n) is 3.87. The maximum atomic E-state index is 3.83. The Hall–Kier alpha value is -0.770. The molecule has 2 aromatic rings. The Labute approximate surface area is 129 Å². The van der Waals surface area contributed by atoms with E-state index in [1.807, 2.05) is 23.1 Å². The Kier molecular flexibility index (Phi) is 4.49. The first-order chi connectivity index (χ1) is 9.78. The molecule has 0 fully saturated rings. The van der Waals surface area contributed by atoms with E-state index in [1.54, 1.807) is 0 Å². The molecule has 1 nitrogen and oxygen atoms in total. The lowest BCUT2D eigenvalue weighted by atomic mass is 10.0. The van der Waals surface area contributed by atoms with Gasteiger partial charge in [0, 0.05) is 26.7 Å². The summed E-state index contributed by atoms with van der Waals surface area (Å²) in [7, 11) is 0. The Morgan fingerprint density at radius 1 is 1.25 bits per heavy atom. The summed E-state index contributed by atoms with van der Waals surface area (Å²) < 4.78 is 0. The van der Waals surface area contributed by atoms with Crippen LogP contribution in [-0.4, -0.2) is 5.75 Å². The molecule has 0 radical (unpaired) electrons. The van der Waals surface area contributed by atoms with Crippen molar-refractivity contribution in [2.75, 3.05) is 5.75 Å². The molecule has 0 spiro atoms. The Morgan fingerprint density at radius 2 is 2.10 bits per heavy atom. The van der Waals surface area contributed by atoms with Crippen molar-refractivity contribution in [1.82, 2.24) is 5.32 Å². The molecule has 106 valence electrons. The molecule has 2 unspecified atom stereocenters. The van der Waals surface area contributed by atoms with Gasteiger partial charge in [-0.2, -0.15) is 0 Å². The Balaban J connectivity index is 1.75. The molecule has 0 saturated carbocycles. The molecule has 1 N–H and O–H groups in total. The molecule has 0 saturated heterocycles. The van der Waals surface area contributed by atoms with Crippen LogP contribution in [0.3, 0.4) is 0 Å². The fourth-order valence-corrected chi connectivity index (χ4v) is 4.81. The fourth-order valence-electron chi connectivity index (χ4n) is 2.72. The van der Waals surface area contributed by atoms with E-state index in [0.29, 0.717) is 12.1 Å². The van der Waals surface area contributed by atoms with Crippen molar-refractivity contribution in [3.05, 3.63) is 51.7 Å². The molecule has 3 heteroatoms. The van der Waals surface area contributed by atoms with Gasteiger partial charge in [-0.1, -0.05) is 25.1 Å². The lowest BCUT2D eigenvalue weighted by Gasteiger charge is -2.28. The topological polar surface area (TPSA) is 12.0 Å². The Morgan fingerprint density at radius 3 is 2.90 bits per heavy atom. The molecule has 1 aliphatic heterocycles. The third kappa shape index (κ3) is 2.95. The van der Waals surface area contributed by atoms with Crippen LogP contribution in [0.4, 0.5) is 0 Å². The molecular weight excluding hydrogens is 282 g/mol. The van der Waals surface area contributed by atoms with Crippen molar-refractivity contribution >= 4 is 23.1 Å². The largest absolute Gasteiger partial charge is 0.303 e. The van der Waals surface area contributed by atoms with Crippen molar-refractivity contribution in [2.45, 2.75) is 43.7 Å². The van der Waals surface area contributed by atoms with Gasteiger partial charge in [0.1, 0.15) is 0 Å². The number of hydrogen-bond donors (Lipinski definition) is 1. The highest BCUT2D eigenvalue weighted by molar-refractivity contribution is 7.99. The molecule has 0 amide bonds. The number of rotatable bonds is 4. The first-order valence-corrected chi connectivity index (χ1v) is 9.14. The number of thiophene rings is 1. The molecular formula is C17H21NS2. The van der Waals surface area contributed by atoms with Gasteiger partial charge < -0.3 is 5.32 Å². The first kappa shape index (κ1) is 14.2. The number of aryl methyl sites for hydroxylation is 1. The molecule has 2 heterocycles. The van der Waals surface area contributed by atoms with E-state index in [0.717, 1.165) is 6.42 Å². The smallest absolute Gasteiger partial charge is 0.0391 e. The number of thioether (sulfide) groups is 1. The van der Waals surface area contributed by atoms with Gasteiger partial charge in [0.2, 0.25) is 0 Å². The van der Waals surface area contributed by atoms with Gasteiger partial charge in [-0.3, -0.25) is 0 Å². The van der Waals surface area contributed by atoms with Crippen molar-refractivity contribution in [3.8, 4) is 0 Å². The zero-order chi connectivity index (χ0) is 13.9. The zero-order valence-corrected chi connectivity index (χ0v) is 13.7. The van der Waals surface area contributed by atoms with Crippen LogP contribution in [0.25, 0.3) is 0 Å². The average Bonchev–Trinajstić information content (AvgIpc) is 2.97. The van der Waals surface area contributed by atoms with Crippen LogP contribution in [-0.2, 0) is 6.42 Å². The standard InChI is InChI=1S/C17H21NS2/c1-3-13-8-9-16(20-13)12(2)18-15-10-11-19-17-7-5-4-6-14(15)17/h4-9,12,15,18H,3,10-11H2,1-2H3. The Bertz CT molecular complexity index is 576. The van der Waals surface area contributed by atoms with Crippen LogP contribution in [0.1, 0.15) is 47.7 Å². The van der Waals surface area contributed by atoms with Gasteiger partial charge in [-0.05, 0) is 49.3 Å². The minimum atomic E-state index is 0.432. The number of nitrogens with one attached hydrogen (secondary N) is 1. The molecule has 1 aliphatic rings. The SMILES string of the molecule is CCc1ccc(C(C)NC2CCSc3ccccc32)s1. The molecule has 1 aromatic carbocycles. The summed E-state index contributed by atoms with van der Waals surface area (Å²) in [4.78, 5) is 4.38. The highest BCUT2D eigenvalue weighted by Gasteiger charge is 2.22. The number of hydrogen-bond acceptors (Lipinski definition) is 3. The zero-order valence-electron chi connectivity index (χ0n) is 12.1. The predicted molar refractivity (Wildman–Crippen MR) is 89.8 cm³/mol. The first-order valence-electron chi connectivity index (χ1n) is 7.34. The van der Waals surface area contributed by atoms with Gasteiger partial charge in [0.15, 0.2) is 0 Å². The van der Waals surface area contributed by atoms with Crippen LogP contribution in [0.15, 0.2) is 41.3 Å². The van der Waals surface area contributed by atoms with E-state index in [4.69, 9.17) is 0 Å². The van der Waals surface area contributed by atoms with Gasteiger partial charge >= 0.3 is 0 Å². The van der Waals surface area contributed by atoms with Gasteiger partial charge in [-0.25, -0.2) is 0 Å². The van der Waals surface area contributed by atoms with Crippen LogP contribution < -0.4 is 5.32 Å². The molecule has 1 aromatic heterocycles. The summed E-state index contributed by atoms with van der Waals surface area (Å²) in [5, 5.41) is 3.83. The van der Waals surface area contributed by atoms with Crippen LogP contribution in [0, 0.1) is 0 Å². The summed E-state index contributed by atoms with van der Waals surface area (Å²) in [6.07, 6.45) is 2.36. The highest BCUT2D eigenvalue weighted by Crippen LogP contribution is 2.37. The van der Waals surface area contributed by atoms with Crippen molar-refractivity contribution in [2.24, 2.45) is 0 Å². The van der Waals surface area contributed by atoms with E-state index < -0.39 is 0 Å². The maximum absolute atomic E-state index is 3.83. The number of fused-ring (bicyclic) bond motifs is 1. The van der Waals surface area contributed by atoms with Crippen LogP contribution in [0.2, 0.25) is 0 Å². The second-order valence-corrected chi connectivity index (χ2v) is 7.61. The summed E-state index contributed by atoms with van der Waals surface area (Å²) in [5.74, 6) is 1.21. The van der Waals surface area contributed by atoms with E-state index in [9.17, 15) is 0 Å². The molecule has 20 heavy (non-hydrogen) atoms. The van der Waals surface area contributed by atoms with E-state index >= 15 is 0 Å². The van der Waals surface area contributed by atoms with E-state index in [2.05, 4.69) is 55.6 Å². The second kappa shape index (κ2) is 6.33. The monoisotopic (exact) mass is 303 g/mol. The van der Waals surface area contributed by atoms with Crippen molar-refractivity contribution in [1.29, 1.82) is 0 Å². The maximum Gasteiger partial charge on any atom is 0.0391 e. The molecule has 3 rings (SSSR count). The molecule has 2 atom stereocenters. The van der Waals surface area contributed by atoms with Crippen LogP contribution >= 0.6 is 23.1 Å². The second-order valence-electron chi connectivity index (χ2n) is 5.27. The van der Waals surface area contributed by atoms with Gasteiger partial charge in [0.25, 0.3) is 0 Å². The highest BCUT2D eigenvalue weighted by atomic mass is 32.2. The lowest BCUT2D eigenvalue weighted by Crippen LogP contribution is -2.26. The summed E-state index contributed by atoms with van der Waals surface area (Å²) in [6.45, 7) is 4.51. The predicted octanol–water partition coefficient (Wildman–Crippen LogP) is 5.20. The fraction of sp³-hybridized carbons (Fsp3) is 0.412. The van der Waals surface area contributed by atoms with Crippen LogP contribution in [0.5, 0.6) is 0 Å². The quantitative estimate of drug-likeness (QED) is 0.833. The van der Waals surface area contributed by atoms with E-state index in [-0.39, 0.29) is 0 Å². The molecule has 0 bridgehead atoms. The minimum Gasteiger partial charge on any atom is -0.303 e. The lowest BCUT2D eigenvalue weighted by molar-refractivity contribution is 0.454. The van der Waals surface area contributed by atoms with Gasteiger partial charge in [-0.15, -0.1) is 23.1 Å². The number of benzene rings is 1. The minimum absolute atomic E-state index is 0.432. The normalized spacial score (nSPS) is 19.6. The third-order valence-corrected chi connectivity index (χ3v) is 6.40. The summed E-state index contributed by atoms with van der Waals surface area (Å²) in [5.41, 5.74) is 1.47. The summed E-state index contributed by atoms with van der Waals surface area (Å²) >= 11 is 3.93. The van der Waals surface area contributed by atoms with E-state index in [1.165, 1.54) is 32.4 Å². The molecule has 0 aliphatic carbocycles. The summed E-state index contributed by atoms with van der Waals surface area (Å²) in [6, 6.07) is 14.3. The average molecular weight is 303 g/mol. The van der Waals surface area contributed by atoms with Gasteiger partial charge in [0.05, 0.1) is 0 Å². The van der Waals surface area contributed by atoms with Crippen molar-refractivity contribution < 1.29 is 0 Å². The van der Waals surface area contributed by atoms with Crippen molar-refractivity contribution in [3.63, 3.8) is 0 Å².